The zero-order valence-corrected chi connectivity index (χ0v) is 14.7. The molecule has 0 unspecified atom stereocenters. The van der Waals surface area contributed by atoms with Crippen LogP contribution >= 0.6 is 0 Å². The maximum Gasteiger partial charge on any atom is 0.243 e. The number of rotatable bonds is 8. The van der Waals surface area contributed by atoms with Gasteiger partial charge in [-0.3, -0.25) is 4.79 Å². The molecule has 2 rings (SSSR count). The summed E-state index contributed by atoms with van der Waals surface area (Å²) in [5, 5.41) is 15.2. The van der Waals surface area contributed by atoms with Gasteiger partial charge < -0.3 is 10.1 Å². The highest BCUT2D eigenvalue weighted by molar-refractivity contribution is 5.75. The van der Waals surface area contributed by atoms with Crippen LogP contribution in [0.15, 0.2) is 24.3 Å². The van der Waals surface area contributed by atoms with E-state index < -0.39 is 0 Å². The number of ether oxygens (including phenoxy) is 1. The number of nitrogens with one attached hydrogen (secondary N) is 1. The van der Waals surface area contributed by atoms with Gasteiger partial charge in [-0.15, -0.1) is 10.2 Å². The summed E-state index contributed by atoms with van der Waals surface area (Å²) in [7, 11) is 1.61. The summed E-state index contributed by atoms with van der Waals surface area (Å²) in [6.07, 6.45) is 2.05. The van der Waals surface area contributed by atoms with E-state index in [0.717, 1.165) is 24.2 Å². The molecule has 7 heteroatoms. The molecule has 7 nitrogen and oxygen atoms in total. The normalized spacial score (nSPS) is 12.2. The number of aromatic nitrogens is 4. The molecule has 1 N–H and O–H groups in total. The van der Waals surface area contributed by atoms with Crippen molar-refractivity contribution in [3.8, 4) is 17.1 Å². The predicted molar refractivity (Wildman–Crippen MR) is 91.5 cm³/mol. The lowest BCUT2D eigenvalue weighted by Gasteiger charge is -2.14. The number of carbonyl (C=O) groups is 1. The smallest absolute Gasteiger partial charge is 0.243 e. The molecule has 130 valence electrons. The lowest BCUT2D eigenvalue weighted by molar-refractivity contribution is -0.122. The molecule has 1 atom stereocenters. The minimum absolute atomic E-state index is 0.0585. The molecular formula is C17H25N5O2. The van der Waals surface area contributed by atoms with Gasteiger partial charge in [-0.2, -0.15) is 4.80 Å². The van der Waals surface area contributed by atoms with E-state index >= 15 is 0 Å². The molecular weight excluding hydrogens is 306 g/mol. The van der Waals surface area contributed by atoms with E-state index in [-0.39, 0.29) is 18.5 Å². The molecule has 0 aliphatic heterocycles. The first-order valence-corrected chi connectivity index (χ1v) is 8.19. The summed E-state index contributed by atoms with van der Waals surface area (Å²) in [6.45, 7) is 6.42. The fourth-order valence-corrected chi connectivity index (χ4v) is 2.29. The first kappa shape index (κ1) is 17.9. The predicted octanol–water partition coefficient (Wildman–Crippen LogP) is 2.29. The number of hydrogen-bond acceptors (Lipinski definition) is 5. The van der Waals surface area contributed by atoms with Crippen LogP contribution in [0.5, 0.6) is 5.75 Å². The third-order valence-corrected chi connectivity index (χ3v) is 3.65. The summed E-state index contributed by atoms with van der Waals surface area (Å²) in [4.78, 5) is 13.4. The van der Waals surface area contributed by atoms with Crippen LogP contribution in [0.3, 0.4) is 0 Å². The van der Waals surface area contributed by atoms with Crippen LogP contribution < -0.4 is 10.1 Å². The van der Waals surface area contributed by atoms with Gasteiger partial charge in [0.1, 0.15) is 12.3 Å². The van der Waals surface area contributed by atoms with Crippen LogP contribution in [-0.4, -0.2) is 39.3 Å². The molecule has 1 heterocycles. The second-order valence-electron chi connectivity index (χ2n) is 6.32. The number of hydrogen-bond donors (Lipinski definition) is 1. The minimum atomic E-state index is -0.110. The van der Waals surface area contributed by atoms with Crippen molar-refractivity contribution >= 4 is 5.91 Å². The lowest BCUT2D eigenvalue weighted by atomic mass is 10.0. The summed E-state index contributed by atoms with van der Waals surface area (Å²) < 4.78 is 5.18. The summed E-state index contributed by atoms with van der Waals surface area (Å²) >= 11 is 0. The topological polar surface area (TPSA) is 81.9 Å². The van der Waals surface area contributed by atoms with Crippen molar-refractivity contribution in [2.75, 3.05) is 7.11 Å². The first-order valence-electron chi connectivity index (χ1n) is 8.19. The Morgan fingerprint density at radius 2 is 2.08 bits per heavy atom. The Morgan fingerprint density at radius 1 is 1.29 bits per heavy atom. The Labute approximate surface area is 142 Å². The van der Waals surface area contributed by atoms with Crippen LogP contribution in [0, 0.1) is 5.92 Å². The minimum Gasteiger partial charge on any atom is -0.497 e. The van der Waals surface area contributed by atoms with Crippen molar-refractivity contribution in [3.05, 3.63) is 24.3 Å². The third kappa shape index (κ3) is 5.33. The molecule has 2 aromatic rings. The van der Waals surface area contributed by atoms with Crippen molar-refractivity contribution in [2.45, 2.75) is 46.2 Å². The van der Waals surface area contributed by atoms with Gasteiger partial charge in [0.05, 0.1) is 7.11 Å². The Kier molecular flexibility index (Phi) is 6.28. The zero-order chi connectivity index (χ0) is 17.5. The number of methoxy groups -OCH3 is 1. The van der Waals surface area contributed by atoms with E-state index in [1.54, 1.807) is 7.11 Å². The maximum atomic E-state index is 12.1. The molecule has 1 amide bonds. The van der Waals surface area contributed by atoms with E-state index in [4.69, 9.17) is 4.74 Å². The standard InChI is InChI=1S/C17H25N5O2/c1-12(2)8-9-13(3)18-16(23)11-22-20-17(19-21-22)14-6-5-7-15(10-14)24-4/h5-7,10,12-13H,8-9,11H2,1-4H3,(H,18,23)/t13-/m1/s1. The molecule has 24 heavy (non-hydrogen) atoms. The van der Waals surface area contributed by atoms with Gasteiger partial charge in [0.15, 0.2) is 0 Å². The molecule has 1 aromatic carbocycles. The second-order valence-corrected chi connectivity index (χ2v) is 6.32. The fourth-order valence-electron chi connectivity index (χ4n) is 2.29. The van der Waals surface area contributed by atoms with Crippen molar-refractivity contribution in [2.24, 2.45) is 5.92 Å². The maximum absolute atomic E-state index is 12.1. The molecule has 0 radical (unpaired) electrons. The largest absolute Gasteiger partial charge is 0.497 e. The number of tetrazole rings is 1. The quantitative estimate of drug-likeness (QED) is 0.802. The summed E-state index contributed by atoms with van der Waals surface area (Å²) in [6, 6.07) is 7.55. The Hall–Kier alpha value is -2.44. The highest BCUT2D eigenvalue weighted by Crippen LogP contribution is 2.19. The average molecular weight is 331 g/mol. The molecule has 1 aromatic heterocycles. The highest BCUT2D eigenvalue weighted by atomic mass is 16.5. The number of benzene rings is 1. The Balaban J connectivity index is 1.92. The molecule has 0 saturated carbocycles. The lowest BCUT2D eigenvalue weighted by Crippen LogP contribution is -2.35. The van der Waals surface area contributed by atoms with Crippen molar-refractivity contribution < 1.29 is 9.53 Å². The number of nitrogens with zero attached hydrogens (tertiary/aromatic N) is 4. The second kappa shape index (κ2) is 8.42. The number of carbonyl (C=O) groups excluding carboxylic acids is 1. The molecule has 0 saturated heterocycles. The van der Waals surface area contributed by atoms with Crippen LogP contribution in [0.25, 0.3) is 11.4 Å². The summed E-state index contributed by atoms with van der Waals surface area (Å²) in [5.74, 6) is 1.71. The van der Waals surface area contributed by atoms with Crippen molar-refractivity contribution in [3.63, 3.8) is 0 Å². The van der Waals surface area contributed by atoms with Gasteiger partial charge >= 0.3 is 0 Å². The van der Waals surface area contributed by atoms with E-state index in [2.05, 4.69) is 34.6 Å². The van der Waals surface area contributed by atoms with Crippen molar-refractivity contribution in [1.82, 2.24) is 25.5 Å². The van der Waals surface area contributed by atoms with E-state index in [0.29, 0.717) is 11.7 Å². The van der Waals surface area contributed by atoms with Crippen LogP contribution in [0.1, 0.15) is 33.6 Å². The van der Waals surface area contributed by atoms with Gasteiger partial charge in [0.2, 0.25) is 11.7 Å². The van der Waals surface area contributed by atoms with Crippen LogP contribution in [0.4, 0.5) is 0 Å². The van der Waals surface area contributed by atoms with Crippen LogP contribution in [0.2, 0.25) is 0 Å². The van der Waals surface area contributed by atoms with E-state index in [1.165, 1.54) is 4.80 Å². The Bertz CT molecular complexity index is 669. The first-order chi connectivity index (χ1) is 11.5. The molecule has 0 bridgehead atoms. The third-order valence-electron chi connectivity index (χ3n) is 3.65. The van der Waals surface area contributed by atoms with Gasteiger partial charge in [0, 0.05) is 11.6 Å². The fraction of sp³-hybridized carbons (Fsp3) is 0.529. The number of amides is 1. The van der Waals surface area contributed by atoms with Gasteiger partial charge in [-0.05, 0) is 43.0 Å². The SMILES string of the molecule is COc1cccc(-c2nnn(CC(=O)N[C@H](C)CCC(C)C)n2)c1. The average Bonchev–Trinajstić information content (AvgIpc) is 3.01. The van der Waals surface area contributed by atoms with E-state index in [9.17, 15) is 4.79 Å². The molecule has 0 aliphatic rings. The van der Waals surface area contributed by atoms with E-state index in [1.807, 2.05) is 31.2 Å². The van der Waals surface area contributed by atoms with Gasteiger partial charge in [-0.1, -0.05) is 26.0 Å². The zero-order valence-electron chi connectivity index (χ0n) is 14.7. The molecule has 0 spiro atoms. The van der Waals surface area contributed by atoms with Gasteiger partial charge in [0.25, 0.3) is 0 Å². The Morgan fingerprint density at radius 3 is 2.79 bits per heavy atom. The highest BCUT2D eigenvalue weighted by Gasteiger charge is 2.12. The summed E-state index contributed by atoms with van der Waals surface area (Å²) in [5.41, 5.74) is 0.798. The van der Waals surface area contributed by atoms with Crippen LogP contribution in [-0.2, 0) is 11.3 Å². The van der Waals surface area contributed by atoms with Gasteiger partial charge in [-0.25, -0.2) is 0 Å². The molecule has 0 aliphatic carbocycles. The molecule has 0 fully saturated rings. The van der Waals surface area contributed by atoms with Crippen molar-refractivity contribution in [1.29, 1.82) is 0 Å². The monoisotopic (exact) mass is 331 g/mol.